The van der Waals surface area contributed by atoms with Crippen LogP contribution in [0.5, 0.6) is 0 Å². The summed E-state index contributed by atoms with van der Waals surface area (Å²) in [5.41, 5.74) is 1.76. The Morgan fingerprint density at radius 1 is 1.18 bits per heavy atom. The van der Waals surface area contributed by atoms with Gasteiger partial charge in [0, 0.05) is 7.11 Å². The van der Waals surface area contributed by atoms with E-state index in [4.69, 9.17) is 9.84 Å². The Balaban J connectivity index is 2.53. The van der Waals surface area contributed by atoms with Gasteiger partial charge in [0.25, 0.3) is 0 Å². The summed E-state index contributed by atoms with van der Waals surface area (Å²) >= 11 is 0. The number of methoxy groups -OCH3 is 1. The van der Waals surface area contributed by atoms with Crippen LogP contribution in [0.15, 0.2) is 36.4 Å². The number of carboxylic acid groups (broad SMARTS) is 1. The van der Waals surface area contributed by atoms with Crippen LogP contribution in [-0.4, -0.2) is 18.2 Å². The molecular weight excluding hydrogens is 216 g/mol. The van der Waals surface area contributed by atoms with Crippen LogP contribution >= 0.6 is 0 Å². The highest BCUT2D eigenvalue weighted by Crippen LogP contribution is 2.21. The Morgan fingerprint density at radius 3 is 2.29 bits per heavy atom. The van der Waals surface area contributed by atoms with Crippen LogP contribution in [-0.2, 0) is 22.6 Å². The molecule has 0 fully saturated rings. The first-order valence-corrected chi connectivity index (χ1v) is 5.42. The van der Waals surface area contributed by atoms with Crippen molar-refractivity contribution in [3.63, 3.8) is 0 Å². The molecule has 3 nitrogen and oxygen atoms in total. The molecule has 0 aliphatic heterocycles. The highest BCUT2D eigenvalue weighted by Gasteiger charge is 2.08. The SMILES string of the molecule is COCc1cc2ccccc2cc1CC(=O)O. The summed E-state index contributed by atoms with van der Waals surface area (Å²) in [5, 5.41) is 11.1. The van der Waals surface area contributed by atoms with Gasteiger partial charge in [-0.25, -0.2) is 0 Å². The quantitative estimate of drug-likeness (QED) is 0.878. The van der Waals surface area contributed by atoms with Gasteiger partial charge in [-0.1, -0.05) is 30.3 Å². The van der Waals surface area contributed by atoms with Gasteiger partial charge in [0.2, 0.25) is 0 Å². The molecule has 0 amide bonds. The van der Waals surface area contributed by atoms with Gasteiger partial charge in [0.15, 0.2) is 0 Å². The van der Waals surface area contributed by atoms with Crippen molar-refractivity contribution in [1.29, 1.82) is 0 Å². The van der Waals surface area contributed by atoms with Gasteiger partial charge in [-0.3, -0.25) is 4.79 Å². The zero-order valence-corrected chi connectivity index (χ0v) is 9.64. The minimum Gasteiger partial charge on any atom is -0.481 e. The van der Waals surface area contributed by atoms with Gasteiger partial charge < -0.3 is 9.84 Å². The number of fused-ring (bicyclic) bond motifs is 1. The van der Waals surface area contributed by atoms with Crippen molar-refractivity contribution < 1.29 is 14.6 Å². The molecule has 0 saturated heterocycles. The lowest BCUT2D eigenvalue weighted by molar-refractivity contribution is -0.136. The monoisotopic (exact) mass is 230 g/mol. The van der Waals surface area contributed by atoms with E-state index in [2.05, 4.69) is 0 Å². The molecule has 2 aromatic rings. The Bertz CT molecular complexity index is 546. The number of hydrogen-bond donors (Lipinski definition) is 1. The van der Waals surface area contributed by atoms with E-state index in [1.165, 1.54) is 0 Å². The average molecular weight is 230 g/mol. The van der Waals surface area contributed by atoms with E-state index in [1.807, 2.05) is 36.4 Å². The number of hydrogen-bond acceptors (Lipinski definition) is 2. The largest absolute Gasteiger partial charge is 0.481 e. The standard InChI is InChI=1S/C14H14O3/c1-17-9-13-7-11-5-3-2-4-10(11)6-12(13)8-14(15)16/h2-7H,8-9H2,1H3,(H,15,16). The third-order valence-electron chi connectivity index (χ3n) is 2.71. The molecule has 0 spiro atoms. The van der Waals surface area contributed by atoms with Crippen molar-refractivity contribution in [2.45, 2.75) is 13.0 Å². The molecule has 0 atom stereocenters. The first-order valence-electron chi connectivity index (χ1n) is 5.42. The molecule has 88 valence electrons. The number of aliphatic carboxylic acids is 1. The zero-order valence-electron chi connectivity index (χ0n) is 9.64. The van der Waals surface area contributed by atoms with E-state index in [0.29, 0.717) is 6.61 Å². The second-order valence-corrected chi connectivity index (χ2v) is 3.97. The van der Waals surface area contributed by atoms with Crippen molar-refractivity contribution in [2.24, 2.45) is 0 Å². The molecule has 0 radical (unpaired) electrons. The van der Waals surface area contributed by atoms with Crippen molar-refractivity contribution in [2.75, 3.05) is 7.11 Å². The molecule has 0 aliphatic rings. The molecule has 2 rings (SSSR count). The number of rotatable bonds is 4. The number of ether oxygens (including phenoxy) is 1. The molecule has 0 bridgehead atoms. The van der Waals surface area contributed by atoms with Crippen molar-refractivity contribution >= 4 is 16.7 Å². The predicted octanol–water partition coefficient (Wildman–Crippen LogP) is 2.61. The average Bonchev–Trinajstić information content (AvgIpc) is 2.29. The molecule has 0 unspecified atom stereocenters. The lowest BCUT2D eigenvalue weighted by atomic mass is 9.99. The molecule has 3 heteroatoms. The third-order valence-corrected chi connectivity index (χ3v) is 2.71. The van der Waals surface area contributed by atoms with Crippen LogP contribution in [0, 0.1) is 0 Å². The van der Waals surface area contributed by atoms with Crippen LogP contribution < -0.4 is 0 Å². The Kier molecular flexibility index (Phi) is 3.40. The Morgan fingerprint density at radius 2 is 1.76 bits per heavy atom. The Labute approximate surface area is 99.6 Å². The second kappa shape index (κ2) is 4.97. The molecular formula is C14H14O3. The van der Waals surface area contributed by atoms with E-state index in [0.717, 1.165) is 21.9 Å². The van der Waals surface area contributed by atoms with Gasteiger partial charge in [-0.2, -0.15) is 0 Å². The van der Waals surface area contributed by atoms with E-state index < -0.39 is 5.97 Å². The minimum absolute atomic E-state index is 0.0313. The van der Waals surface area contributed by atoms with Crippen LogP contribution in [0.3, 0.4) is 0 Å². The highest BCUT2D eigenvalue weighted by molar-refractivity contribution is 5.85. The van der Waals surface area contributed by atoms with Crippen molar-refractivity contribution in [3.05, 3.63) is 47.5 Å². The maximum Gasteiger partial charge on any atom is 0.307 e. The van der Waals surface area contributed by atoms with E-state index in [1.54, 1.807) is 7.11 Å². The first kappa shape index (κ1) is 11.6. The molecule has 2 aromatic carbocycles. The van der Waals surface area contributed by atoms with Crippen molar-refractivity contribution in [1.82, 2.24) is 0 Å². The van der Waals surface area contributed by atoms with Gasteiger partial charge in [-0.05, 0) is 28.0 Å². The highest BCUT2D eigenvalue weighted by atomic mass is 16.5. The first-order chi connectivity index (χ1) is 8.20. The zero-order chi connectivity index (χ0) is 12.3. The van der Waals surface area contributed by atoms with E-state index >= 15 is 0 Å². The summed E-state index contributed by atoms with van der Waals surface area (Å²) in [6, 6.07) is 11.8. The summed E-state index contributed by atoms with van der Waals surface area (Å²) in [6.07, 6.45) is 0.0313. The fourth-order valence-corrected chi connectivity index (χ4v) is 1.95. The molecule has 17 heavy (non-hydrogen) atoms. The normalized spacial score (nSPS) is 10.6. The summed E-state index contributed by atoms with van der Waals surface area (Å²) in [5.74, 6) is -0.822. The van der Waals surface area contributed by atoms with Gasteiger partial charge >= 0.3 is 5.97 Å². The summed E-state index contributed by atoms with van der Waals surface area (Å²) in [7, 11) is 1.61. The lowest BCUT2D eigenvalue weighted by Crippen LogP contribution is -2.04. The topological polar surface area (TPSA) is 46.5 Å². The Hall–Kier alpha value is -1.87. The third kappa shape index (κ3) is 2.63. The molecule has 0 heterocycles. The van der Waals surface area contributed by atoms with Crippen molar-refractivity contribution in [3.8, 4) is 0 Å². The summed E-state index contributed by atoms with van der Waals surface area (Å²) in [4.78, 5) is 10.8. The lowest BCUT2D eigenvalue weighted by Gasteiger charge is -2.09. The van der Waals surface area contributed by atoms with Crippen LogP contribution in [0.1, 0.15) is 11.1 Å². The predicted molar refractivity (Wildman–Crippen MR) is 66.0 cm³/mol. The van der Waals surface area contributed by atoms with E-state index in [-0.39, 0.29) is 6.42 Å². The number of benzene rings is 2. The van der Waals surface area contributed by atoms with Crippen LogP contribution in [0.4, 0.5) is 0 Å². The van der Waals surface area contributed by atoms with Crippen LogP contribution in [0.25, 0.3) is 10.8 Å². The fraction of sp³-hybridized carbons (Fsp3) is 0.214. The maximum absolute atomic E-state index is 10.8. The maximum atomic E-state index is 10.8. The fourth-order valence-electron chi connectivity index (χ4n) is 1.95. The van der Waals surface area contributed by atoms with Crippen LogP contribution in [0.2, 0.25) is 0 Å². The number of carboxylic acids is 1. The summed E-state index contributed by atoms with van der Waals surface area (Å²) < 4.78 is 5.11. The van der Waals surface area contributed by atoms with E-state index in [9.17, 15) is 4.79 Å². The molecule has 0 aromatic heterocycles. The molecule has 0 saturated carbocycles. The smallest absolute Gasteiger partial charge is 0.307 e. The van der Waals surface area contributed by atoms with Gasteiger partial charge in [0.05, 0.1) is 13.0 Å². The number of carbonyl (C=O) groups is 1. The minimum atomic E-state index is -0.822. The molecule has 1 N–H and O–H groups in total. The van der Waals surface area contributed by atoms with Gasteiger partial charge in [0.1, 0.15) is 0 Å². The summed E-state index contributed by atoms with van der Waals surface area (Å²) in [6.45, 7) is 0.438. The van der Waals surface area contributed by atoms with Gasteiger partial charge in [-0.15, -0.1) is 0 Å². The second-order valence-electron chi connectivity index (χ2n) is 3.97. The molecule has 0 aliphatic carbocycles.